The lowest BCUT2D eigenvalue weighted by atomic mass is 9.97. The van der Waals surface area contributed by atoms with Gasteiger partial charge in [0.15, 0.2) is 0 Å². The molecular formula is C26H26N6O2. The normalized spacial score (nSPS) is 15.6. The zero-order valence-electron chi connectivity index (χ0n) is 19.5. The summed E-state index contributed by atoms with van der Waals surface area (Å²) < 4.78 is 0. The van der Waals surface area contributed by atoms with Gasteiger partial charge >= 0.3 is 0 Å². The van der Waals surface area contributed by atoms with E-state index in [9.17, 15) is 9.59 Å². The van der Waals surface area contributed by atoms with Gasteiger partial charge in [-0.1, -0.05) is 6.07 Å². The van der Waals surface area contributed by atoms with Crippen LogP contribution in [0.1, 0.15) is 41.3 Å². The van der Waals surface area contributed by atoms with Crippen LogP contribution in [0.3, 0.4) is 0 Å². The second kappa shape index (κ2) is 8.44. The van der Waals surface area contributed by atoms with Crippen LogP contribution in [0.4, 0.5) is 11.6 Å². The third kappa shape index (κ3) is 3.96. The van der Waals surface area contributed by atoms with E-state index in [0.717, 1.165) is 41.9 Å². The number of rotatable bonds is 5. The molecule has 0 saturated heterocycles. The Morgan fingerprint density at radius 2 is 1.91 bits per heavy atom. The van der Waals surface area contributed by atoms with E-state index >= 15 is 0 Å². The number of aliphatic imine (C=N–C) groups is 1. The maximum absolute atomic E-state index is 13.0. The first-order valence-corrected chi connectivity index (χ1v) is 11.3. The largest absolute Gasteiger partial charge is 0.332 e. The summed E-state index contributed by atoms with van der Waals surface area (Å²) in [5.41, 5.74) is 5.64. The zero-order valence-corrected chi connectivity index (χ0v) is 19.5. The number of likely N-dealkylation sites (N-methyl/N-ethyl adjacent to an activating group) is 1. The molecule has 1 saturated carbocycles. The highest BCUT2D eigenvalue weighted by molar-refractivity contribution is 5.98. The van der Waals surface area contributed by atoms with Gasteiger partial charge < -0.3 is 9.80 Å². The van der Waals surface area contributed by atoms with Crippen molar-refractivity contribution in [2.45, 2.75) is 32.1 Å². The monoisotopic (exact) mass is 454 g/mol. The van der Waals surface area contributed by atoms with Gasteiger partial charge in [-0.25, -0.2) is 15.0 Å². The highest BCUT2D eigenvalue weighted by Gasteiger charge is 2.52. The van der Waals surface area contributed by atoms with E-state index in [1.165, 1.54) is 16.7 Å². The number of fused-ring (bicyclic) bond motifs is 2. The van der Waals surface area contributed by atoms with Crippen molar-refractivity contribution in [1.82, 2.24) is 19.9 Å². The quantitative estimate of drug-likeness (QED) is 0.546. The van der Waals surface area contributed by atoms with E-state index in [4.69, 9.17) is 0 Å². The third-order valence-electron chi connectivity index (χ3n) is 6.50. The molecule has 8 heteroatoms. The van der Waals surface area contributed by atoms with Crippen molar-refractivity contribution in [3.8, 4) is 11.3 Å². The summed E-state index contributed by atoms with van der Waals surface area (Å²) >= 11 is 0. The van der Waals surface area contributed by atoms with Crippen LogP contribution in [0.15, 0.2) is 53.9 Å². The molecule has 3 aromatic rings. The lowest BCUT2D eigenvalue weighted by molar-refractivity contribution is -0.118. The molecule has 5 rings (SSSR count). The number of carbonyl (C=O) groups is 2. The molecule has 1 fully saturated rings. The van der Waals surface area contributed by atoms with E-state index in [1.807, 2.05) is 37.3 Å². The molecule has 0 unspecified atom stereocenters. The summed E-state index contributed by atoms with van der Waals surface area (Å²) in [6.07, 6.45) is 9.03. The second-order valence-corrected chi connectivity index (χ2v) is 9.03. The Morgan fingerprint density at radius 1 is 1.15 bits per heavy atom. The molecule has 3 heterocycles. The van der Waals surface area contributed by atoms with Crippen LogP contribution < -0.4 is 4.90 Å². The maximum Gasteiger partial charge on any atom is 0.264 e. The molecule has 0 atom stereocenters. The Morgan fingerprint density at radius 3 is 2.59 bits per heavy atom. The van der Waals surface area contributed by atoms with Gasteiger partial charge in [-0.05, 0) is 62.1 Å². The molecular weight excluding hydrogens is 428 g/mol. The highest BCUT2D eigenvalue weighted by atomic mass is 16.2. The molecule has 172 valence electrons. The predicted octanol–water partition coefficient (Wildman–Crippen LogP) is 3.72. The summed E-state index contributed by atoms with van der Waals surface area (Å²) in [5, 5.41) is 0. The third-order valence-corrected chi connectivity index (χ3v) is 6.50. The van der Waals surface area contributed by atoms with Crippen molar-refractivity contribution < 1.29 is 9.59 Å². The number of aromatic nitrogens is 3. The molecule has 2 aliphatic rings. The molecule has 2 aromatic heterocycles. The SMILES string of the molecule is C/C=N/C(=O)CN(C)C(=O)c1ccc2c(c1)N(c1ncc(-c3cc(C)ccn3)cn1)CC21CC1. The van der Waals surface area contributed by atoms with E-state index in [0.29, 0.717) is 11.5 Å². The molecule has 0 N–H and O–H groups in total. The Kier molecular flexibility index (Phi) is 5.43. The number of nitrogens with zero attached hydrogens (tertiary/aromatic N) is 6. The van der Waals surface area contributed by atoms with Crippen LogP contribution in [0.25, 0.3) is 11.3 Å². The molecule has 0 radical (unpaired) electrons. The van der Waals surface area contributed by atoms with Crippen LogP contribution in [0, 0.1) is 6.92 Å². The molecule has 0 bridgehead atoms. The van der Waals surface area contributed by atoms with E-state index < -0.39 is 0 Å². The molecule has 1 aliphatic carbocycles. The molecule has 2 amide bonds. The maximum atomic E-state index is 13.0. The molecule has 34 heavy (non-hydrogen) atoms. The summed E-state index contributed by atoms with van der Waals surface area (Å²) in [4.78, 5) is 45.8. The number of hydrogen-bond donors (Lipinski definition) is 0. The van der Waals surface area contributed by atoms with Crippen molar-refractivity contribution in [2.75, 3.05) is 25.0 Å². The van der Waals surface area contributed by atoms with Crippen molar-refractivity contribution in [3.05, 3.63) is 65.6 Å². The number of aryl methyl sites for hydroxylation is 1. The van der Waals surface area contributed by atoms with Gasteiger partial charge in [0.25, 0.3) is 11.8 Å². The number of amides is 2. The van der Waals surface area contributed by atoms with Crippen molar-refractivity contribution in [2.24, 2.45) is 4.99 Å². The summed E-state index contributed by atoms with van der Waals surface area (Å²) in [6.45, 7) is 4.43. The topological polar surface area (TPSA) is 91.7 Å². The lowest BCUT2D eigenvalue weighted by Gasteiger charge is -2.19. The number of anilines is 2. The minimum atomic E-state index is -0.352. The van der Waals surface area contributed by atoms with Gasteiger partial charge in [0.1, 0.15) is 6.54 Å². The van der Waals surface area contributed by atoms with Gasteiger partial charge in [-0.2, -0.15) is 0 Å². The van der Waals surface area contributed by atoms with Crippen LogP contribution in [-0.4, -0.2) is 58.0 Å². The van der Waals surface area contributed by atoms with Gasteiger partial charge in [0.2, 0.25) is 5.95 Å². The van der Waals surface area contributed by atoms with Gasteiger partial charge in [-0.15, -0.1) is 0 Å². The lowest BCUT2D eigenvalue weighted by Crippen LogP contribution is -2.31. The summed E-state index contributed by atoms with van der Waals surface area (Å²) in [6, 6.07) is 9.75. The smallest absolute Gasteiger partial charge is 0.264 e. The van der Waals surface area contributed by atoms with Crippen molar-refractivity contribution >= 4 is 29.7 Å². The van der Waals surface area contributed by atoms with Gasteiger partial charge in [-0.3, -0.25) is 14.6 Å². The average Bonchev–Trinajstić information content (AvgIpc) is 3.55. The fourth-order valence-electron chi connectivity index (χ4n) is 4.53. The minimum absolute atomic E-state index is 0.0640. The Bertz CT molecular complexity index is 1300. The number of pyridine rings is 1. The molecule has 8 nitrogen and oxygen atoms in total. The van der Waals surface area contributed by atoms with Crippen molar-refractivity contribution in [3.63, 3.8) is 0 Å². The predicted molar refractivity (Wildman–Crippen MR) is 130 cm³/mol. The second-order valence-electron chi connectivity index (χ2n) is 9.03. The van der Waals surface area contributed by atoms with E-state index in [-0.39, 0.29) is 23.8 Å². The minimum Gasteiger partial charge on any atom is -0.332 e. The molecule has 1 spiro atoms. The van der Waals surface area contributed by atoms with Crippen molar-refractivity contribution in [1.29, 1.82) is 0 Å². The summed E-state index contributed by atoms with van der Waals surface area (Å²) in [5.74, 6) is 0.0300. The molecule has 1 aliphatic heterocycles. The fraction of sp³-hybridized carbons (Fsp3) is 0.308. The number of carbonyl (C=O) groups excluding carboxylic acids is 2. The number of hydrogen-bond acceptors (Lipinski definition) is 6. The van der Waals surface area contributed by atoms with Gasteiger partial charge in [0, 0.05) is 60.6 Å². The van der Waals surface area contributed by atoms with Crippen LogP contribution in [-0.2, 0) is 10.2 Å². The Labute approximate surface area is 198 Å². The standard InChI is InChI=1S/C26H26N6O2/c1-4-27-23(33)15-31(3)24(34)18-5-6-20-22(12-18)32(16-26(20)8-9-26)25-29-13-19(14-30-25)21-11-17(2)7-10-28-21/h4-7,10-14H,8-9,15-16H2,1-3H3/b27-4+. The van der Waals surface area contributed by atoms with Crippen LogP contribution in [0.2, 0.25) is 0 Å². The first-order valence-electron chi connectivity index (χ1n) is 11.3. The highest BCUT2D eigenvalue weighted by Crippen LogP contribution is 2.57. The summed E-state index contributed by atoms with van der Waals surface area (Å²) in [7, 11) is 1.61. The first-order chi connectivity index (χ1) is 16.4. The fourth-order valence-corrected chi connectivity index (χ4v) is 4.53. The van der Waals surface area contributed by atoms with Gasteiger partial charge in [0.05, 0.1) is 5.69 Å². The van der Waals surface area contributed by atoms with E-state index in [1.54, 1.807) is 32.6 Å². The zero-order chi connectivity index (χ0) is 23.9. The van der Waals surface area contributed by atoms with Crippen LogP contribution >= 0.6 is 0 Å². The molecule has 1 aromatic carbocycles. The Balaban J connectivity index is 1.43. The van der Waals surface area contributed by atoms with Crippen LogP contribution in [0.5, 0.6) is 0 Å². The van der Waals surface area contributed by atoms with E-state index in [2.05, 4.69) is 24.8 Å². The Hall–Kier alpha value is -3.94. The number of benzene rings is 1. The first kappa shape index (κ1) is 21.9. The average molecular weight is 455 g/mol.